The van der Waals surface area contributed by atoms with Gasteiger partial charge < -0.3 is 15.0 Å². The summed E-state index contributed by atoms with van der Waals surface area (Å²) < 4.78 is 5.28. The summed E-state index contributed by atoms with van der Waals surface area (Å²) in [6, 6.07) is 0. The first kappa shape index (κ1) is 12.8. The van der Waals surface area contributed by atoms with Crippen LogP contribution in [0.3, 0.4) is 0 Å². The molecule has 1 N–H and O–H groups in total. The molecule has 1 amide bonds. The number of carbonyl (C=O) groups excluding carboxylic acids is 1. The molecule has 0 saturated carbocycles. The van der Waals surface area contributed by atoms with Gasteiger partial charge in [0.15, 0.2) is 0 Å². The average Bonchev–Trinajstić information content (AvgIpc) is 2.68. The second kappa shape index (κ2) is 6.33. The number of amides is 1. The third kappa shape index (κ3) is 3.66. The number of likely N-dealkylation sites (tertiary alicyclic amines) is 1. The van der Waals surface area contributed by atoms with E-state index >= 15 is 0 Å². The van der Waals surface area contributed by atoms with Gasteiger partial charge in [0.05, 0.1) is 12.6 Å². The zero-order valence-electron chi connectivity index (χ0n) is 10.7. The Morgan fingerprint density at radius 1 is 1.35 bits per heavy atom. The first-order valence-corrected chi connectivity index (χ1v) is 6.53. The molecular formula is C12H23N3O2. The summed E-state index contributed by atoms with van der Waals surface area (Å²) >= 11 is 0. The number of carbonyl (C=O) groups is 1. The van der Waals surface area contributed by atoms with Gasteiger partial charge in [-0.1, -0.05) is 0 Å². The van der Waals surface area contributed by atoms with Crippen molar-refractivity contribution in [3.8, 4) is 0 Å². The molecule has 2 heterocycles. The number of nitrogens with zero attached hydrogens (tertiary/aromatic N) is 2. The van der Waals surface area contributed by atoms with Crippen LogP contribution in [0.5, 0.6) is 0 Å². The number of hydrogen-bond acceptors (Lipinski definition) is 4. The highest BCUT2D eigenvalue weighted by atomic mass is 16.5. The Balaban J connectivity index is 1.76. The molecular weight excluding hydrogens is 218 g/mol. The Hall–Kier alpha value is -0.650. The molecule has 0 radical (unpaired) electrons. The predicted molar refractivity (Wildman–Crippen MR) is 65.9 cm³/mol. The summed E-state index contributed by atoms with van der Waals surface area (Å²) in [4.78, 5) is 16.3. The maximum atomic E-state index is 12.1. The topological polar surface area (TPSA) is 44.8 Å². The van der Waals surface area contributed by atoms with Gasteiger partial charge in [0.1, 0.15) is 0 Å². The van der Waals surface area contributed by atoms with Crippen molar-refractivity contribution in [3.63, 3.8) is 0 Å². The largest absolute Gasteiger partial charge is 0.380 e. The molecule has 2 aliphatic rings. The first-order chi connectivity index (χ1) is 8.29. The van der Waals surface area contributed by atoms with Crippen LogP contribution in [0.15, 0.2) is 0 Å². The fourth-order valence-corrected chi connectivity index (χ4v) is 2.50. The lowest BCUT2D eigenvalue weighted by Crippen LogP contribution is -2.41. The highest BCUT2D eigenvalue weighted by Crippen LogP contribution is 2.12. The van der Waals surface area contributed by atoms with E-state index in [0.717, 1.165) is 52.1 Å². The summed E-state index contributed by atoms with van der Waals surface area (Å²) in [5, 5.41) is 3.35. The summed E-state index contributed by atoms with van der Waals surface area (Å²) in [5.41, 5.74) is 0. The van der Waals surface area contributed by atoms with Gasteiger partial charge in [-0.05, 0) is 25.9 Å². The van der Waals surface area contributed by atoms with Gasteiger partial charge in [0, 0.05) is 33.3 Å². The zero-order valence-corrected chi connectivity index (χ0v) is 10.7. The SMILES string of the molecule is COC1CCN(C(=O)CN2CCCNCC2)C1. The van der Waals surface area contributed by atoms with Gasteiger partial charge in [-0.3, -0.25) is 9.69 Å². The minimum atomic E-state index is 0.241. The molecule has 0 aromatic rings. The summed E-state index contributed by atoms with van der Waals surface area (Å²) in [7, 11) is 1.72. The van der Waals surface area contributed by atoms with Crippen molar-refractivity contribution >= 4 is 5.91 Å². The second-order valence-corrected chi connectivity index (χ2v) is 4.87. The molecule has 2 rings (SSSR count). The van der Waals surface area contributed by atoms with Crippen LogP contribution in [0.4, 0.5) is 0 Å². The summed E-state index contributed by atoms with van der Waals surface area (Å²) in [6.45, 7) is 6.25. The van der Waals surface area contributed by atoms with Crippen molar-refractivity contribution in [1.29, 1.82) is 0 Å². The van der Waals surface area contributed by atoms with E-state index < -0.39 is 0 Å². The van der Waals surface area contributed by atoms with Crippen molar-refractivity contribution in [2.75, 3.05) is 52.9 Å². The standard InChI is InChI=1S/C12H23N3O2/c1-17-11-3-7-15(9-11)12(16)10-14-6-2-4-13-5-8-14/h11,13H,2-10H2,1H3. The molecule has 0 aromatic heterocycles. The molecule has 2 saturated heterocycles. The highest BCUT2D eigenvalue weighted by Gasteiger charge is 2.26. The van der Waals surface area contributed by atoms with Gasteiger partial charge >= 0.3 is 0 Å². The van der Waals surface area contributed by atoms with E-state index in [1.165, 1.54) is 0 Å². The van der Waals surface area contributed by atoms with Gasteiger partial charge in [-0.15, -0.1) is 0 Å². The Bertz CT molecular complexity index is 252. The minimum Gasteiger partial charge on any atom is -0.380 e. The van der Waals surface area contributed by atoms with Gasteiger partial charge in [0.2, 0.25) is 5.91 Å². The predicted octanol–water partition coefficient (Wildman–Crippen LogP) is -0.471. The molecule has 0 spiro atoms. The number of ether oxygens (including phenoxy) is 1. The fourth-order valence-electron chi connectivity index (χ4n) is 2.50. The van der Waals surface area contributed by atoms with Crippen LogP contribution in [0.1, 0.15) is 12.8 Å². The van der Waals surface area contributed by atoms with E-state index in [4.69, 9.17) is 4.74 Å². The van der Waals surface area contributed by atoms with Crippen LogP contribution in [0.2, 0.25) is 0 Å². The Labute approximate surface area is 103 Å². The number of nitrogens with one attached hydrogen (secondary N) is 1. The van der Waals surface area contributed by atoms with Crippen LogP contribution >= 0.6 is 0 Å². The third-order valence-corrected chi connectivity index (χ3v) is 3.62. The number of hydrogen-bond donors (Lipinski definition) is 1. The molecule has 2 fully saturated rings. The monoisotopic (exact) mass is 241 g/mol. The van der Waals surface area contributed by atoms with E-state index in [-0.39, 0.29) is 12.0 Å². The van der Waals surface area contributed by atoms with E-state index in [0.29, 0.717) is 6.54 Å². The van der Waals surface area contributed by atoms with E-state index in [1.54, 1.807) is 7.11 Å². The van der Waals surface area contributed by atoms with E-state index in [2.05, 4.69) is 10.2 Å². The molecule has 5 nitrogen and oxygen atoms in total. The maximum Gasteiger partial charge on any atom is 0.236 e. The fraction of sp³-hybridized carbons (Fsp3) is 0.917. The molecule has 1 atom stereocenters. The van der Waals surface area contributed by atoms with Crippen molar-refractivity contribution in [2.24, 2.45) is 0 Å². The number of rotatable bonds is 3. The van der Waals surface area contributed by atoms with Crippen molar-refractivity contribution in [2.45, 2.75) is 18.9 Å². The van der Waals surface area contributed by atoms with Crippen molar-refractivity contribution < 1.29 is 9.53 Å². The number of methoxy groups -OCH3 is 1. The average molecular weight is 241 g/mol. The summed E-state index contributed by atoms with van der Waals surface area (Å²) in [5.74, 6) is 0.256. The second-order valence-electron chi connectivity index (χ2n) is 4.87. The maximum absolute atomic E-state index is 12.1. The van der Waals surface area contributed by atoms with Crippen LogP contribution in [0, 0.1) is 0 Å². The van der Waals surface area contributed by atoms with Crippen LogP contribution in [-0.2, 0) is 9.53 Å². The Morgan fingerprint density at radius 3 is 3.00 bits per heavy atom. The highest BCUT2D eigenvalue weighted by molar-refractivity contribution is 5.78. The molecule has 17 heavy (non-hydrogen) atoms. The first-order valence-electron chi connectivity index (χ1n) is 6.53. The van der Waals surface area contributed by atoms with Gasteiger partial charge in [-0.25, -0.2) is 0 Å². The molecule has 0 aromatic carbocycles. The van der Waals surface area contributed by atoms with Crippen molar-refractivity contribution in [1.82, 2.24) is 15.1 Å². The lowest BCUT2D eigenvalue weighted by Gasteiger charge is -2.23. The lowest BCUT2D eigenvalue weighted by molar-refractivity contribution is -0.131. The summed E-state index contributed by atoms with van der Waals surface area (Å²) in [6.07, 6.45) is 2.35. The van der Waals surface area contributed by atoms with E-state index in [1.807, 2.05) is 4.90 Å². The molecule has 1 unspecified atom stereocenters. The minimum absolute atomic E-state index is 0.241. The zero-order chi connectivity index (χ0) is 12.1. The molecule has 0 bridgehead atoms. The van der Waals surface area contributed by atoms with Gasteiger partial charge in [0.25, 0.3) is 0 Å². The molecule has 98 valence electrons. The van der Waals surface area contributed by atoms with Crippen molar-refractivity contribution in [3.05, 3.63) is 0 Å². The van der Waals surface area contributed by atoms with Gasteiger partial charge in [-0.2, -0.15) is 0 Å². The quantitative estimate of drug-likeness (QED) is 0.725. The lowest BCUT2D eigenvalue weighted by atomic mass is 10.3. The Morgan fingerprint density at radius 2 is 2.24 bits per heavy atom. The van der Waals surface area contributed by atoms with Crippen LogP contribution < -0.4 is 5.32 Å². The Kier molecular flexibility index (Phi) is 4.76. The molecule has 2 aliphatic heterocycles. The normalized spacial score (nSPS) is 27.1. The smallest absolute Gasteiger partial charge is 0.236 e. The van der Waals surface area contributed by atoms with Crippen LogP contribution in [0.25, 0.3) is 0 Å². The third-order valence-electron chi connectivity index (χ3n) is 3.62. The van der Waals surface area contributed by atoms with Crippen LogP contribution in [-0.4, -0.2) is 74.7 Å². The molecule has 0 aliphatic carbocycles. The molecule has 5 heteroatoms. The van der Waals surface area contributed by atoms with E-state index in [9.17, 15) is 4.79 Å².